The van der Waals surface area contributed by atoms with Gasteiger partial charge in [0.25, 0.3) is 5.56 Å². The van der Waals surface area contributed by atoms with Gasteiger partial charge in [0.1, 0.15) is 10.7 Å². The van der Waals surface area contributed by atoms with Crippen molar-refractivity contribution in [2.24, 2.45) is 5.92 Å². The Bertz CT molecular complexity index is 1190. The molecule has 0 aliphatic heterocycles. The van der Waals surface area contributed by atoms with E-state index in [9.17, 15) is 4.79 Å². The molecule has 1 aliphatic carbocycles. The molecule has 1 atom stereocenters. The van der Waals surface area contributed by atoms with Crippen LogP contribution < -0.4 is 5.56 Å². The summed E-state index contributed by atoms with van der Waals surface area (Å²) in [6.45, 7) is 2.27. The Hall–Kier alpha value is -2.45. The number of aromatic amines is 2. The lowest BCUT2D eigenvalue weighted by Gasteiger charge is -2.17. The second kappa shape index (κ2) is 7.18. The van der Waals surface area contributed by atoms with Gasteiger partial charge in [-0.25, -0.2) is 9.97 Å². The highest BCUT2D eigenvalue weighted by atomic mass is 32.2. The second-order valence-corrected chi connectivity index (χ2v) is 9.19. The number of hydrogen-bond acceptors (Lipinski definition) is 6. The van der Waals surface area contributed by atoms with Crippen molar-refractivity contribution < 1.29 is 0 Å². The molecule has 5 rings (SSSR count). The van der Waals surface area contributed by atoms with Gasteiger partial charge in [0.2, 0.25) is 5.16 Å². The van der Waals surface area contributed by atoms with Crippen LogP contribution in [0.25, 0.3) is 21.6 Å². The van der Waals surface area contributed by atoms with Crippen LogP contribution in [0.4, 0.5) is 0 Å². The van der Waals surface area contributed by atoms with Crippen LogP contribution in [0, 0.1) is 5.92 Å². The van der Waals surface area contributed by atoms with Crippen molar-refractivity contribution in [3.63, 3.8) is 0 Å². The number of thiophene rings is 1. The summed E-state index contributed by atoms with van der Waals surface area (Å²) >= 11 is 3.14. The largest absolute Gasteiger partial charge is 0.309 e. The zero-order chi connectivity index (χ0) is 19.1. The number of aryl methyl sites for hydroxylation is 1. The molecule has 3 aromatic heterocycles. The molecular weight excluding hydrogens is 390 g/mol. The summed E-state index contributed by atoms with van der Waals surface area (Å²) in [6.07, 6.45) is 3.18. The van der Waals surface area contributed by atoms with Gasteiger partial charge in [-0.15, -0.1) is 16.4 Å². The van der Waals surface area contributed by atoms with Crippen molar-refractivity contribution in [2.45, 2.75) is 37.1 Å². The van der Waals surface area contributed by atoms with Crippen molar-refractivity contribution >= 4 is 33.3 Å². The van der Waals surface area contributed by atoms with Gasteiger partial charge < -0.3 is 4.98 Å². The zero-order valence-electron chi connectivity index (χ0n) is 15.4. The molecule has 0 spiro atoms. The summed E-state index contributed by atoms with van der Waals surface area (Å²) < 4.78 is 0. The molecule has 3 heterocycles. The standard InChI is InChI=1S/C20H19N5OS2/c1-11-7-8-13-14(9-11)28-19-16(13)18(26)21-15(22-19)10-27-20-23-17(24-25-20)12-5-3-2-4-6-12/h2-6,11H,7-10H2,1H3,(H,21,22,26)(H,23,24,25)/t11-/m0/s1. The number of nitrogens with one attached hydrogen (secondary N) is 2. The fourth-order valence-electron chi connectivity index (χ4n) is 3.63. The first-order chi connectivity index (χ1) is 13.7. The Kier molecular flexibility index (Phi) is 4.52. The maximum Gasteiger partial charge on any atom is 0.259 e. The first-order valence-electron chi connectivity index (χ1n) is 9.31. The minimum atomic E-state index is -0.0207. The third kappa shape index (κ3) is 3.27. The summed E-state index contributed by atoms with van der Waals surface area (Å²) in [4.78, 5) is 27.1. The number of aromatic nitrogens is 5. The number of rotatable bonds is 4. The summed E-state index contributed by atoms with van der Waals surface area (Å²) in [5.41, 5.74) is 2.19. The van der Waals surface area contributed by atoms with E-state index in [0.29, 0.717) is 22.7 Å². The van der Waals surface area contributed by atoms with Gasteiger partial charge in [-0.3, -0.25) is 9.89 Å². The van der Waals surface area contributed by atoms with Crippen LogP contribution in [0.2, 0.25) is 0 Å². The van der Waals surface area contributed by atoms with Gasteiger partial charge >= 0.3 is 0 Å². The van der Waals surface area contributed by atoms with E-state index in [-0.39, 0.29) is 5.56 Å². The van der Waals surface area contributed by atoms with Crippen LogP contribution in [0.3, 0.4) is 0 Å². The molecule has 142 valence electrons. The number of H-pyrrole nitrogens is 2. The van der Waals surface area contributed by atoms with Gasteiger partial charge in [0.05, 0.1) is 11.1 Å². The summed E-state index contributed by atoms with van der Waals surface area (Å²) in [5.74, 6) is 2.61. The van der Waals surface area contributed by atoms with E-state index < -0.39 is 0 Å². The highest BCUT2D eigenvalue weighted by Crippen LogP contribution is 2.35. The van der Waals surface area contributed by atoms with E-state index in [0.717, 1.165) is 40.9 Å². The maximum atomic E-state index is 12.7. The van der Waals surface area contributed by atoms with Crippen LogP contribution in [0.15, 0.2) is 40.3 Å². The number of nitrogens with zero attached hydrogens (tertiary/aromatic N) is 3. The van der Waals surface area contributed by atoms with Gasteiger partial charge in [0, 0.05) is 10.4 Å². The predicted molar refractivity (Wildman–Crippen MR) is 113 cm³/mol. The van der Waals surface area contributed by atoms with E-state index in [1.807, 2.05) is 30.3 Å². The molecule has 6 nitrogen and oxygen atoms in total. The molecule has 0 bridgehead atoms. The fraction of sp³-hybridized carbons (Fsp3) is 0.300. The van der Waals surface area contributed by atoms with Gasteiger partial charge in [-0.05, 0) is 30.7 Å². The van der Waals surface area contributed by atoms with Crippen molar-refractivity contribution in [1.82, 2.24) is 25.1 Å². The third-order valence-corrected chi connectivity index (χ3v) is 7.07. The molecular formula is C20H19N5OS2. The van der Waals surface area contributed by atoms with Gasteiger partial charge in [-0.1, -0.05) is 49.0 Å². The van der Waals surface area contributed by atoms with Crippen LogP contribution in [0.1, 0.15) is 29.6 Å². The zero-order valence-corrected chi connectivity index (χ0v) is 17.0. The molecule has 1 aromatic carbocycles. The molecule has 0 saturated carbocycles. The highest BCUT2D eigenvalue weighted by molar-refractivity contribution is 7.98. The quantitative estimate of drug-likeness (QED) is 0.494. The molecule has 8 heteroatoms. The fourth-order valence-corrected chi connectivity index (χ4v) is 5.70. The lowest BCUT2D eigenvalue weighted by Crippen LogP contribution is -2.14. The lowest BCUT2D eigenvalue weighted by atomic mass is 9.89. The average Bonchev–Trinajstić information content (AvgIpc) is 3.31. The van der Waals surface area contributed by atoms with Crippen molar-refractivity contribution in [3.8, 4) is 11.4 Å². The minimum Gasteiger partial charge on any atom is -0.309 e. The molecule has 0 amide bonds. The van der Waals surface area contributed by atoms with Crippen LogP contribution in [-0.2, 0) is 18.6 Å². The minimum absolute atomic E-state index is 0.0207. The van der Waals surface area contributed by atoms with Gasteiger partial charge in [-0.2, -0.15) is 0 Å². The maximum absolute atomic E-state index is 12.7. The molecule has 0 saturated heterocycles. The number of fused-ring (bicyclic) bond motifs is 3. The van der Waals surface area contributed by atoms with E-state index in [4.69, 9.17) is 4.98 Å². The second-order valence-electron chi connectivity index (χ2n) is 7.17. The average molecular weight is 410 g/mol. The predicted octanol–water partition coefficient (Wildman–Crippen LogP) is 4.19. The van der Waals surface area contributed by atoms with Crippen LogP contribution in [-0.4, -0.2) is 25.1 Å². The Balaban J connectivity index is 1.38. The Morgan fingerprint density at radius 2 is 2.11 bits per heavy atom. The first-order valence-corrected chi connectivity index (χ1v) is 11.1. The van der Waals surface area contributed by atoms with Crippen LogP contribution >= 0.6 is 23.1 Å². The molecule has 2 N–H and O–H groups in total. The molecule has 0 fully saturated rings. The monoisotopic (exact) mass is 409 g/mol. The van der Waals surface area contributed by atoms with Gasteiger partial charge in [0.15, 0.2) is 5.82 Å². The molecule has 0 radical (unpaired) electrons. The van der Waals surface area contributed by atoms with Crippen LogP contribution in [0.5, 0.6) is 0 Å². The number of thioether (sulfide) groups is 1. The van der Waals surface area contributed by atoms with E-state index in [2.05, 4.69) is 27.1 Å². The molecule has 0 unspecified atom stereocenters. The Morgan fingerprint density at radius 1 is 1.25 bits per heavy atom. The normalized spacial score (nSPS) is 16.4. The number of benzene rings is 1. The van der Waals surface area contributed by atoms with E-state index in [1.54, 1.807) is 11.3 Å². The first kappa shape index (κ1) is 17.6. The smallest absolute Gasteiger partial charge is 0.259 e. The molecule has 28 heavy (non-hydrogen) atoms. The molecule has 1 aliphatic rings. The lowest BCUT2D eigenvalue weighted by molar-refractivity contribution is 0.509. The van der Waals surface area contributed by atoms with Crippen molar-refractivity contribution in [1.29, 1.82) is 0 Å². The third-order valence-electron chi connectivity index (χ3n) is 5.06. The Labute approximate surface area is 169 Å². The van der Waals surface area contributed by atoms with E-state index >= 15 is 0 Å². The summed E-state index contributed by atoms with van der Waals surface area (Å²) in [5, 5.41) is 8.66. The van der Waals surface area contributed by atoms with E-state index in [1.165, 1.54) is 22.2 Å². The molecule has 4 aromatic rings. The topological polar surface area (TPSA) is 87.3 Å². The SMILES string of the molecule is C[C@H]1CCc2c(sc3nc(CSc4n[nH]c(-c5ccccc5)n4)[nH]c(=O)c23)C1. The van der Waals surface area contributed by atoms with Crippen molar-refractivity contribution in [3.05, 3.63) is 57.0 Å². The summed E-state index contributed by atoms with van der Waals surface area (Å²) in [6, 6.07) is 9.88. The summed E-state index contributed by atoms with van der Waals surface area (Å²) in [7, 11) is 0. The number of hydrogen-bond donors (Lipinski definition) is 2. The highest BCUT2D eigenvalue weighted by Gasteiger charge is 2.23. The Morgan fingerprint density at radius 3 is 2.96 bits per heavy atom. The van der Waals surface area contributed by atoms with Crippen molar-refractivity contribution in [2.75, 3.05) is 0 Å².